The lowest BCUT2D eigenvalue weighted by molar-refractivity contribution is 0.689. The second kappa shape index (κ2) is 5.39. The first-order chi connectivity index (χ1) is 12.3. The number of nitrogens with two attached hydrogens (primary N) is 1. The van der Waals surface area contributed by atoms with Crippen molar-refractivity contribution in [2.75, 3.05) is 0 Å². The van der Waals surface area contributed by atoms with Crippen molar-refractivity contribution in [2.45, 2.75) is 39.2 Å². The molecule has 0 saturated carbocycles. The monoisotopic (exact) mass is 332 g/mol. The number of rotatable bonds is 2. The van der Waals surface area contributed by atoms with Gasteiger partial charge in [0.05, 0.1) is 28.6 Å². The zero-order valence-corrected chi connectivity index (χ0v) is 14.2. The van der Waals surface area contributed by atoms with Crippen molar-refractivity contribution in [3.05, 3.63) is 40.8 Å². The van der Waals surface area contributed by atoms with Crippen molar-refractivity contribution in [1.82, 2.24) is 25.4 Å². The van der Waals surface area contributed by atoms with E-state index in [0.717, 1.165) is 51.9 Å². The number of aromatic amines is 2. The van der Waals surface area contributed by atoms with Crippen LogP contribution in [-0.2, 0) is 19.4 Å². The average Bonchev–Trinajstić information content (AvgIpc) is 3.26. The fourth-order valence-electron chi connectivity index (χ4n) is 4.15. The molecule has 1 aromatic carbocycles. The summed E-state index contributed by atoms with van der Waals surface area (Å²) in [5.41, 5.74) is 14.9. The first kappa shape index (κ1) is 14.6. The summed E-state index contributed by atoms with van der Waals surface area (Å²) in [4.78, 5) is 5.05. The number of H-pyrrole nitrogens is 2. The van der Waals surface area contributed by atoms with Crippen LogP contribution in [0, 0.1) is 6.92 Å². The molecule has 6 heteroatoms. The lowest BCUT2D eigenvalue weighted by Crippen LogP contribution is -2.08. The van der Waals surface area contributed by atoms with Gasteiger partial charge in [0.15, 0.2) is 0 Å². The summed E-state index contributed by atoms with van der Waals surface area (Å²) >= 11 is 0. The topological polar surface area (TPSA) is 96.3 Å². The molecule has 0 spiro atoms. The predicted molar refractivity (Wildman–Crippen MR) is 98.2 cm³/mol. The van der Waals surface area contributed by atoms with Gasteiger partial charge >= 0.3 is 0 Å². The van der Waals surface area contributed by atoms with E-state index in [1.807, 2.05) is 12.3 Å². The molecular weight excluding hydrogens is 312 g/mol. The van der Waals surface area contributed by atoms with Gasteiger partial charge in [-0.25, -0.2) is 4.98 Å². The van der Waals surface area contributed by atoms with Crippen molar-refractivity contribution in [2.24, 2.45) is 5.73 Å². The Balaban J connectivity index is 1.94. The van der Waals surface area contributed by atoms with Gasteiger partial charge in [0.2, 0.25) is 0 Å². The Morgan fingerprint density at radius 3 is 2.60 bits per heavy atom. The summed E-state index contributed by atoms with van der Waals surface area (Å²) in [6, 6.07) is 4.11. The highest BCUT2D eigenvalue weighted by molar-refractivity contribution is 6.09. The average molecular weight is 332 g/mol. The van der Waals surface area contributed by atoms with Gasteiger partial charge in [-0.3, -0.25) is 10.2 Å². The number of aromatic nitrogens is 5. The van der Waals surface area contributed by atoms with Crippen molar-refractivity contribution in [3.8, 4) is 11.3 Å². The fraction of sp³-hybridized carbons (Fsp3) is 0.316. The van der Waals surface area contributed by atoms with Crippen LogP contribution in [-0.4, -0.2) is 25.4 Å². The molecule has 6 nitrogen and oxygen atoms in total. The maximum absolute atomic E-state index is 5.95. The minimum atomic E-state index is 0.451. The normalized spacial score (nSPS) is 14.3. The van der Waals surface area contributed by atoms with Crippen LogP contribution in [0.15, 0.2) is 18.3 Å². The lowest BCUT2D eigenvalue weighted by Gasteiger charge is -2.21. The first-order valence-corrected chi connectivity index (χ1v) is 8.79. The van der Waals surface area contributed by atoms with Crippen LogP contribution in [0.5, 0.6) is 0 Å². The molecule has 126 valence electrons. The van der Waals surface area contributed by atoms with Gasteiger partial charge in [-0.15, -0.1) is 0 Å². The molecule has 3 aromatic heterocycles. The van der Waals surface area contributed by atoms with E-state index in [1.165, 1.54) is 29.4 Å². The number of nitrogens with one attached hydrogen (secondary N) is 2. The third-order valence-corrected chi connectivity index (χ3v) is 5.35. The zero-order chi connectivity index (χ0) is 17.0. The van der Waals surface area contributed by atoms with Crippen molar-refractivity contribution in [3.63, 3.8) is 0 Å². The molecule has 0 aliphatic heterocycles. The van der Waals surface area contributed by atoms with Crippen LogP contribution in [0.1, 0.15) is 35.4 Å². The fourth-order valence-corrected chi connectivity index (χ4v) is 4.15. The quantitative estimate of drug-likeness (QED) is 0.525. The van der Waals surface area contributed by atoms with Crippen molar-refractivity contribution < 1.29 is 0 Å². The van der Waals surface area contributed by atoms with E-state index in [4.69, 9.17) is 10.7 Å². The lowest BCUT2D eigenvalue weighted by atomic mass is 9.85. The minimum Gasteiger partial charge on any atom is -0.325 e. The minimum absolute atomic E-state index is 0.451. The number of pyridine rings is 1. The highest BCUT2D eigenvalue weighted by Gasteiger charge is 2.23. The number of nitrogens with zero attached hydrogens (tertiary/aromatic N) is 3. The summed E-state index contributed by atoms with van der Waals surface area (Å²) < 4.78 is 0. The van der Waals surface area contributed by atoms with Gasteiger partial charge in [-0.1, -0.05) is 0 Å². The molecule has 4 N–H and O–H groups in total. The zero-order valence-electron chi connectivity index (χ0n) is 14.2. The maximum Gasteiger partial charge on any atom is 0.0931 e. The predicted octanol–water partition coefficient (Wildman–Crippen LogP) is 3.15. The molecular formula is C19H20N6. The molecule has 25 heavy (non-hydrogen) atoms. The van der Waals surface area contributed by atoms with E-state index in [-0.39, 0.29) is 0 Å². The van der Waals surface area contributed by atoms with E-state index in [2.05, 4.69) is 33.4 Å². The molecule has 0 bridgehead atoms. The second-order valence-electron chi connectivity index (χ2n) is 6.79. The standard InChI is InChI=1S/C19H20N6/c1-10-13(9-21-23-10)19-12-5-3-2-4-11(12)17-14(22-19)6-7-15-18(17)16(8-20)25-24-15/h6-7,9H,2-5,8,20H2,1H3,(H,21,23)(H,24,25). The Morgan fingerprint density at radius 1 is 1.04 bits per heavy atom. The van der Waals surface area contributed by atoms with E-state index in [1.54, 1.807) is 0 Å². The van der Waals surface area contributed by atoms with E-state index >= 15 is 0 Å². The largest absolute Gasteiger partial charge is 0.325 e. The molecule has 0 saturated heterocycles. The third-order valence-electron chi connectivity index (χ3n) is 5.35. The van der Waals surface area contributed by atoms with Gasteiger partial charge in [-0.2, -0.15) is 10.2 Å². The molecule has 1 aliphatic rings. The maximum atomic E-state index is 5.95. The van der Waals surface area contributed by atoms with Crippen LogP contribution in [0.3, 0.4) is 0 Å². The van der Waals surface area contributed by atoms with E-state index in [0.29, 0.717) is 6.54 Å². The number of benzene rings is 1. The van der Waals surface area contributed by atoms with Gasteiger partial charge in [0, 0.05) is 28.6 Å². The van der Waals surface area contributed by atoms with E-state index < -0.39 is 0 Å². The number of hydrogen-bond donors (Lipinski definition) is 3. The Hall–Kier alpha value is -2.73. The third kappa shape index (κ3) is 2.04. The molecule has 0 fully saturated rings. The smallest absolute Gasteiger partial charge is 0.0931 e. The highest BCUT2D eigenvalue weighted by atomic mass is 15.1. The van der Waals surface area contributed by atoms with Gasteiger partial charge in [-0.05, 0) is 55.9 Å². The summed E-state index contributed by atoms with van der Waals surface area (Å²) in [7, 11) is 0. The first-order valence-electron chi connectivity index (χ1n) is 8.79. The van der Waals surface area contributed by atoms with Crippen LogP contribution < -0.4 is 5.73 Å². The molecule has 3 heterocycles. The molecule has 0 radical (unpaired) electrons. The Kier molecular flexibility index (Phi) is 3.15. The van der Waals surface area contributed by atoms with E-state index in [9.17, 15) is 0 Å². The van der Waals surface area contributed by atoms with Crippen LogP contribution >= 0.6 is 0 Å². The molecule has 4 aromatic rings. The Morgan fingerprint density at radius 2 is 1.84 bits per heavy atom. The molecule has 1 aliphatic carbocycles. The van der Waals surface area contributed by atoms with Crippen molar-refractivity contribution in [1.29, 1.82) is 0 Å². The number of hydrogen-bond acceptors (Lipinski definition) is 4. The number of aryl methyl sites for hydroxylation is 2. The van der Waals surface area contributed by atoms with Gasteiger partial charge in [0.25, 0.3) is 0 Å². The van der Waals surface area contributed by atoms with Crippen LogP contribution in [0.4, 0.5) is 0 Å². The molecule has 0 amide bonds. The van der Waals surface area contributed by atoms with Gasteiger partial charge < -0.3 is 5.73 Å². The Bertz CT molecular complexity index is 1100. The Labute approximate surface area is 144 Å². The van der Waals surface area contributed by atoms with Crippen LogP contribution in [0.2, 0.25) is 0 Å². The number of fused-ring (bicyclic) bond motifs is 5. The molecule has 5 rings (SSSR count). The van der Waals surface area contributed by atoms with Gasteiger partial charge in [0.1, 0.15) is 0 Å². The molecule has 0 unspecified atom stereocenters. The van der Waals surface area contributed by atoms with Crippen LogP contribution in [0.25, 0.3) is 33.1 Å². The summed E-state index contributed by atoms with van der Waals surface area (Å²) in [6.45, 7) is 2.50. The summed E-state index contributed by atoms with van der Waals surface area (Å²) in [5, 5.41) is 17.1. The second-order valence-corrected chi connectivity index (χ2v) is 6.79. The highest BCUT2D eigenvalue weighted by Crippen LogP contribution is 2.38. The molecule has 0 atom stereocenters. The summed E-state index contributed by atoms with van der Waals surface area (Å²) in [5.74, 6) is 0. The van der Waals surface area contributed by atoms with Crippen molar-refractivity contribution >= 4 is 21.8 Å². The summed E-state index contributed by atoms with van der Waals surface area (Å²) in [6.07, 6.45) is 6.44. The SMILES string of the molecule is Cc1[nH]ncc1-c1nc2ccc3n[nH]c(CN)c3c2c2c1CCCC2.